The first-order chi connectivity index (χ1) is 23.7. The number of likely N-dealkylation sites (N-methyl/N-ethyl adjacent to an activating group) is 1. The molecule has 5 rings (SSSR count). The second-order valence-electron chi connectivity index (χ2n) is 12.3. The van der Waals surface area contributed by atoms with Crippen LogP contribution >= 0.6 is 11.6 Å². The molecule has 3 aromatic carbocycles. The minimum absolute atomic E-state index is 0.0381. The van der Waals surface area contributed by atoms with Crippen molar-refractivity contribution < 1.29 is 35.5 Å². The molecule has 0 radical (unpaired) electrons. The molecule has 1 saturated heterocycles. The maximum absolute atomic E-state index is 16.0. The van der Waals surface area contributed by atoms with Crippen molar-refractivity contribution in [3.63, 3.8) is 0 Å². The first kappa shape index (κ1) is 37.1. The highest BCUT2D eigenvalue weighted by Crippen LogP contribution is 2.38. The Morgan fingerprint density at radius 2 is 1.80 bits per heavy atom. The molecule has 0 spiro atoms. The Kier molecular flexibility index (Phi) is 11.1. The third-order valence-corrected chi connectivity index (χ3v) is 11.3. The van der Waals surface area contributed by atoms with Gasteiger partial charge in [0.2, 0.25) is 0 Å². The molecule has 1 aliphatic rings. The van der Waals surface area contributed by atoms with E-state index in [1.165, 1.54) is 51.0 Å². The Labute approximate surface area is 294 Å². The highest BCUT2D eigenvalue weighted by Gasteiger charge is 2.39. The summed E-state index contributed by atoms with van der Waals surface area (Å²) in [7, 11) is 2.29. The molecule has 0 N–H and O–H groups in total. The molecule has 1 atom stereocenters. The van der Waals surface area contributed by atoms with E-state index in [0.717, 1.165) is 23.2 Å². The Hall–Kier alpha value is -4.14. The standard InChI is InChI=1S/C35H38ClF4N5O4S/c1-43(2)34(15-12-24-6-10-29(36)28(18-24)35(38,39)40)14-5-17-44(22-34)26-8-11-32(30(37)19-26)50(46,47)45(33-13-16-41-23-42-33)21-25-7-9-27(48-3)20-31(25)49-4/h6-11,13,16,18-20,23H,5,12,14-15,17,21-22H2,1-4H3. The number of rotatable bonds is 12. The predicted molar refractivity (Wildman–Crippen MR) is 184 cm³/mol. The quantitative estimate of drug-likeness (QED) is 0.141. The molecule has 1 unspecified atom stereocenters. The molecule has 0 bridgehead atoms. The van der Waals surface area contributed by atoms with E-state index in [1.54, 1.807) is 30.3 Å². The van der Waals surface area contributed by atoms with Crippen LogP contribution in [0, 0.1) is 5.82 Å². The number of anilines is 2. The number of halogens is 5. The van der Waals surface area contributed by atoms with Crippen molar-refractivity contribution in [2.24, 2.45) is 0 Å². The van der Waals surface area contributed by atoms with Gasteiger partial charge in [0, 0.05) is 48.2 Å². The van der Waals surface area contributed by atoms with Gasteiger partial charge >= 0.3 is 6.18 Å². The molecular formula is C35H38ClF4N5O4S. The Morgan fingerprint density at radius 3 is 2.44 bits per heavy atom. The van der Waals surface area contributed by atoms with Crippen LogP contribution in [-0.4, -0.2) is 70.2 Å². The summed E-state index contributed by atoms with van der Waals surface area (Å²) in [5, 5.41) is -0.347. The fourth-order valence-electron chi connectivity index (χ4n) is 6.32. The monoisotopic (exact) mass is 735 g/mol. The third-order valence-electron chi connectivity index (χ3n) is 9.20. The van der Waals surface area contributed by atoms with Crippen LogP contribution in [0.5, 0.6) is 11.5 Å². The van der Waals surface area contributed by atoms with Gasteiger partial charge in [0.05, 0.1) is 31.4 Å². The lowest BCUT2D eigenvalue weighted by Gasteiger charge is -2.48. The van der Waals surface area contributed by atoms with Gasteiger partial charge in [-0.15, -0.1) is 0 Å². The molecular weight excluding hydrogens is 698 g/mol. The molecule has 9 nitrogen and oxygen atoms in total. The first-order valence-electron chi connectivity index (χ1n) is 15.8. The summed E-state index contributed by atoms with van der Waals surface area (Å²) in [5.74, 6) is -0.0117. The zero-order valence-corrected chi connectivity index (χ0v) is 29.6. The molecule has 2 heterocycles. The average Bonchev–Trinajstić information content (AvgIpc) is 3.09. The lowest BCUT2D eigenvalue weighted by molar-refractivity contribution is -0.137. The number of methoxy groups -OCH3 is 2. The summed E-state index contributed by atoms with van der Waals surface area (Å²) < 4.78 is 96.6. The van der Waals surface area contributed by atoms with Crippen molar-refractivity contribution >= 4 is 33.1 Å². The van der Waals surface area contributed by atoms with Crippen molar-refractivity contribution in [1.82, 2.24) is 14.9 Å². The highest BCUT2D eigenvalue weighted by molar-refractivity contribution is 7.92. The van der Waals surface area contributed by atoms with Gasteiger partial charge in [-0.25, -0.2) is 27.1 Å². The lowest BCUT2D eigenvalue weighted by atomic mass is 9.82. The Bertz CT molecular complexity index is 1920. The lowest BCUT2D eigenvalue weighted by Crippen LogP contribution is -2.56. The van der Waals surface area contributed by atoms with Crippen LogP contribution in [0.4, 0.5) is 29.1 Å². The number of alkyl halides is 3. The number of nitrogens with zero attached hydrogens (tertiary/aromatic N) is 5. The summed E-state index contributed by atoms with van der Waals surface area (Å²) in [6.45, 7) is 0.823. The summed E-state index contributed by atoms with van der Waals surface area (Å²) in [4.78, 5) is 11.5. The Morgan fingerprint density at radius 1 is 1.02 bits per heavy atom. The van der Waals surface area contributed by atoms with Crippen molar-refractivity contribution in [2.45, 2.75) is 48.8 Å². The largest absolute Gasteiger partial charge is 0.497 e. The summed E-state index contributed by atoms with van der Waals surface area (Å²) in [5.41, 5.74) is 0.185. The number of piperidine rings is 1. The molecule has 50 heavy (non-hydrogen) atoms. The average molecular weight is 736 g/mol. The maximum atomic E-state index is 16.0. The molecule has 1 fully saturated rings. The molecule has 1 aromatic heterocycles. The fourth-order valence-corrected chi connectivity index (χ4v) is 7.99. The second kappa shape index (κ2) is 15.0. The first-order valence-corrected chi connectivity index (χ1v) is 17.6. The van der Waals surface area contributed by atoms with E-state index < -0.39 is 38.0 Å². The molecule has 0 saturated carbocycles. The van der Waals surface area contributed by atoms with E-state index >= 15 is 4.39 Å². The zero-order valence-electron chi connectivity index (χ0n) is 28.0. The van der Waals surface area contributed by atoms with Crippen LogP contribution in [0.2, 0.25) is 5.02 Å². The normalized spacial score (nSPS) is 16.8. The number of sulfonamides is 1. The van der Waals surface area contributed by atoms with Crippen molar-refractivity contribution in [3.05, 3.63) is 101 Å². The van der Waals surface area contributed by atoms with Crippen molar-refractivity contribution in [3.8, 4) is 11.5 Å². The number of aryl methyl sites for hydroxylation is 1. The third kappa shape index (κ3) is 7.92. The van der Waals surface area contributed by atoms with Crippen LogP contribution < -0.4 is 18.7 Å². The van der Waals surface area contributed by atoms with E-state index in [0.29, 0.717) is 54.2 Å². The minimum atomic E-state index is -4.56. The molecule has 1 aliphatic heterocycles. The summed E-state index contributed by atoms with van der Waals surface area (Å²) >= 11 is 5.83. The van der Waals surface area contributed by atoms with Crippen LogP contribution in [0.3, 0.4) is 0 Å². The number of benzene rings is 3. The van der Waals surface area contributed by atoms with Crippen molar-refractivity contribution in [2.75, 3.05) is 50.6 Å². The predicted octanol–water partition coefficient (Wildman–Crippen LogP) is 7.23. The number of ether oxygens (including phenoxy) is 2. The van der Waals surface area contributed by atoms with Crippen LogP contribution in [-0.2, 0) is 29.2 Å². The van der Waals surface area contributed by atoms with E-state index in [-0.39, 0.29) is 17.4 Å². The van der Waals surface area contributed by atoms with E-state index in [2.05, 4.69) is 14.9 Å². The van der Waals surface area contributed by atoms with Crippen LogP contribution in [0.1, 0.15) is 36.0 Å². The maximum Gasteiger partial charge on any atom is 0.417 e. The van der Waals surface area contributed by atoms with Crippen LogP contribution in [0.15, 0.2) is 78.1 Å². The SMILES string of the molecule is COc1ccc(CN(c2ccncn2)S(=O)(=O)c2ccc(N3CCCC(CCc4ccc(Cl)c(C(F)(F)F)c4)(N(C)C)C3)cc2F)c(OC)c1. The topological polar surface area (TPSA) is 88.1 Å². The molecule has 15 heteroatoms. The minimum Gasteiger partial charge on any atom is -0.497 e. The summed E-state index contributed by atoms with van der Waals surface area (Å²) in [6.07, 6.45) is 0.450. The van der Waals surface area contributed by atoms with Gasteiger partial charge < -0.3 is 19.3 Å². The zero-order chi connectivity index (χ0) is 36.3. The van der Waals surface area contributed by atoms with E-state index in [4.69, 9.17) is 21.1 Å². The smallest absolute Gasteiger partial charge is 0.417 e. The Balaban J connectivity index is 1.41. The van der Waals surface area contributed by atoms with Gasteiger partial charge in [-0.05, 0) is 87.8 Å². The highest BCUT2D eigenvalue weighted by atomic mass is 35.5. The number of aromatic nitrogens is 2. The van der Waals surface area contributed by atoms with E-state index in [9.17, 15) is 21.6 Å². The summed E-state index contributed by atoms with van der Waals surface area (Å²) in [6, 6.07) is 14.4. The molecule has 268 valence electrons. The fraction of sp³-hybridized carbons (Fsp3) is 0.371. The van der Waals surface area contributed by atoms with Gasteiger partial charge in [-0.2, -0.15) is 13.2 Å². The van der Waals surface area contributed by atoms with Gasteiger partial charge in [0.25, 0.3) is 10.0 Å². The van der Waals surface area contributed by atoms with Gasteiger partial charge in [0.1, 0.15) is 34.4 Å². The molecule has 0 amide bonds. The van der Waals surface area contributed by atoms with Crippen molar-refractivity contribution in [1.29, 1.82) is 0 Å². The molecule has 4 aromatic rings. The van der Waals surface area contributed by atoms with Crippen LogP contribution in [0.25, 0.3) is 0 Å². The molecule has 0 aliphatic carbocycles. The second-order valence-corrected chi connectivity index (χ2v) is 14.6. The van der Waals surface area contributed by atoms with Gasteiger partial charge in [-0.3, -0.25) is 0 Å². The van der Waals surface area contributed by atoms with Gasteiger partial charge in [0.15, 0.2) is 0 Å². The number of hydrogen-bond acceptors (Lipinski definition) is 8. The van der Waals surface area contributed by atoms with E-state index in [1.807, 2.05) is 19.0 Å². The van der Waals surface area contributed by atoms with Gasteiger partial charge in [-0.1, -0.05) is 17.7 Å². The number of hydrogen-bond donors (Lipinski definition) is 0.